The molecule has 0 aliphatic heterocycles. The second-order valence-corrected chi connectivity index (χ2v) is 3.87. The van der Waals surface area contributed by atoms with Crippen molar-refractivity contribution in [3.63, 3.8) is 0 Å². The van der Waals surface area contributed by atoms with Crippen LogP contribution in [-0.2, 0) is 6.42 Å². The van der Waals surface area contributed by atoms with Crippen molar-refractivity contribution in [2.75, 3.05) is 0 Å². The number of nitro benzene ring substituents is 1. The van der Waals surface area contributed by atoms with E-state index < -0.39 is 0 Å². The third-order valence-electron chi connectivity index (χ3n) is 3.00. The second kappa shape index (κ2) is 3.15. The molecule has 0 radical (unpaired) electrons. The lowest BCUT2D eigenvalue weighted by molar-refractivity contribution is -0.386. The zero-order valence-corrected chi connectivity index (χ0v) is 8.66. The molecule has 0 N–H and O–H groups in total. The van der Waals surface area contributed by atoms with Crippen LogP contribution < -0.4 is 0 Å². The Bertz CT molecular complexity index is 477. The smallest absolute Gasteiger partial charge is 0.276 e. The SMILES string of the molecule is Cc1cc2c(c([N+](=O)[O-])c1C)CCC2=O. The van der Waals surface area contributed by atoms with Crippen molar-refractivity contribution < 1.29 is 9.72 Å². The van der Waals surface area contributed by atoms with E-state index in [1.54, 1.807) is 19.9 Å². The molecular formula is C11H11NO3. The van der Waals surface area contributed by atoms with Gasteiger partial charge in [-0.15, -0.1) is 0 Å². The maximum atomic E-state index is 11.5. The fourth-order valence-corrected chi connectivity index (χ4v) is 2.07. The van der Waals surface area contributed by atoms with Gasteiger partial charge >= 0.3 is 0 Å². The van der Waals surface area contributed by atoms with Gasteiger partial charge in [-0.2, -0.15) is 0 Å². The van der Waals surface area contributed by atoms with Crippen molar-refractivity contribution in [3.8, 4) is 0 Å². The summed E-state index contributed by atoms with van der Waals surface area (Å²) in [5, 5.41) is 10.9. The standard InChI is InChI=1S/C11H11NO3/c1-6-5-9-8(3-4-10(9)13)11(7(6)2)12(14)15/h5H,3-4H2,1-2H3. The lowest BCUT2D eigenvalue weighted by Crippen LogP contribution is -2.01. The fraction of sp³-hybridized carbons (Fsp3) is 0.364. The maximum Gasteiger partial charge on any atom is 0.276 e. The summed E-state index contributed by atoms with van der Waals surface area (Å²) in [6, 6.07) is 1.77. The van der Waals surface area contributed by atoms with Crippen molar-refractivity contribution >= 4 is 11.5 Å². The van der Waals surface area contributed by atoms with Crippen LogP contribution in [0.3, 0.4) is 0 Å². The van der Waals surface area contributed by atoms with Crippen molar-refractivity contribution in [2.24, 2.45) is 0 Å². The van der Waals surface area contributed by atoms with E-state index in [0.29, 0.717) is 29.5 Å². The van der Waals surface area contributed by atoms with Crippen molar-refractivity contribution in [1.29, 1.82) is 0 Å². The Morgan fingerprint density at radius 2 is 2.00 bits per heavy atom. The number of Topliss-reactive ketones (excluding diaryl/α,β-unsaturated/α-hetero) is 1. The van der Waals surface area contributed by atoms with E-state index in [9.17, 15) is 14.9 Å². The van der Waals surface area contributed by atoms with Crippen LogP contribution >= 0.6 is 0 Å². The molecule has 1 aromatic rings. The molecule has 2 rings (SSSR count). The zero-order valence-electron chi connectivity index (χ0n) is 8.66. The van der Waals surface area contributed by atoms with E-state index >= 15 is 0 Å². The Hall–Kier alpha value is -1.71. The normalized spacial score (nSPS) is 14.1. The van der Waals surface area contributed by atoms with Gasteiger partial charge in [0.2, 0.25) is 0 Å². The summed E-state index contributed by atoms with van der Waals surface area (Å²) in [5.41, 5.74) is 2.79. The highest BCUT2D eigenvalue weighted by atomic mass is 16.6. The molecule has 0 aromatic heterocycles. The van der Waals surface area contributed by atoms with Crippen LogP contribution in [0.25, 0.3) is 0 Å². The molecule has 0 saturated carbocycles. The first kappa shape index (κ1) is 9.83. The largest absolute Gasteiger partial charge is 0.294 e. The van der Waals surface area contributed by atoms with Gasteiger partial charge in [-0.25, -0.2) is 0 Å². The molecule has 0 atom stereocenters. The van der Waals surface area contributed by atoms with Gasteiger partial charge in [0.1, 0.15) is 0 Å². The quantitative estimate of drug-likeness (QED) is 0.522. The molecule has 1 aromatic carbocycles. The molecule has 15 heavy (non-hydrogen) atoms. The van der Waals surface area contributed by atoms with Crippen LogP contribution in [0.5, 0.6) is 0 Å². The minimum absolute atomic E-state index is 0.0243. The molecule has 0 amide bonds. The minimum Gasteiger partial charge on any atom is -0.294 e. The molecule has 4 heteroatoms. The first-order valence-electron chi connectivity index (χ1n) is 4.83. The number of benzene rings is 1. The predicted molar refractivity (Wildman–Crippen MR) is 55.2 cm³/mol. The van der Waals surface area contributed by atoms with Gasteiger partial charge in [-0.05, 0) is 31.9 Å². The topological polar surface area (TPSA) is 60.2 Å². The number of carbonyl (C=O) groups excluding carboxylic acids is 1. The Morgan fingerprint density at radius 3 is 2.60 bits per heavy atom. The van der Waals surface area contributed by atoms with Crippen molar-refractivity contribution in [3.05, 3.63) is 38.4 Å². The third-order valence-corrected chi connectivity index (χ3v) is 3.00. The Balaban J connectivity index is 2.78. The maximum absolute atomic E-state index is 11.5. The molecule has 0 bridgehead atoms. The Labute approximate surface area is 87.1 Å². The highest BCUT2D eigenvalue weighted by molar-refractivity contribution is 6.02. The zero-order chi connectivity index (χ0) is 11.2. The van der Waals surface area contributed by atoms with Gasteiger partial charge in [-0.1, -0.05) is 0 Å². The summed E-state index contributed by atoms with van der Waals surface area (Å²) in [6.07, 6.45) is 0.907. The van der Waals surface area contributed by atoms with E-state index in [0.717, 1.165) is 5.56 Å². The summed E-state index contributed by atoms with van der Waals surface area (Å²) in [4.78, 5) is 22.0. The van der Waals surface area contributed by atoms with Gasteiger partial charge < -0.3 is 0 Å². The van der Waals surface area contributed by atoms with Crippen LogP contribution in [0.2, 0.25) is 0 Å². The highest BCUT2D eigenvalue weighted by Crippen LogP contribution is 2.34. The van der Waals surface area contributed by atoms with E-state index in [4.69, 9.17) is 0 Å². The number of fused-ring (bicyclic) bond motifs is 1. The number of hydrogen-bond acceptors (Lipinski definition) is 3. The molecule has 0 spiro atoms. The summed E-state index contributed by atoms with van der Waals surface area (Å²) < 4.78 is 0. The molecule has 0 fully saturated rings. The highest BCUT2D eigenvalue weighted by Gasteiger charge is 2.30. The predicted octanol–water partition coefficient (Wildman–Crippen LogP) is 2.34. The van der Waals surface area contributed by atoms with Crippen LogP contribution in [0.1, 0.15) is 33.5 Å². The summed E-state index contributed by atoms with van der Waals surface area (Å²) in [5.74, 6) is 0.0243. The molecule has 0 heterocycles. The molecule has 0 saturated heterocycles. The van der Waals surface area contributed by atoms with Gasteiger partial charge in [0, 0.05) is 23.1 Å². The molecule has 78 valence electrons. The Morgan fingerprint density at radius 1 is 1.33 bits per heavy atom. The number of hydrogen-bond donors (Lipinski definition) is 0. The van der Waals surface area contributed by atoms with Crippen LogP contribution in [0.15, 0.2) is 6.07 Å². The molecular weight excluding hydrogens is 194 g/mol. The summed E-state index contributed by atoms with van der Waals surface area (Å²) in [6.45, 7) is 3.53. The van der Waals surface area contributed by atoms with Gasteiger partial charge in [0.05, 0.1) is 4.92 Å². The number of rotatable bonds is 1. The summed E-state index contributed by atoms with van der Waals surface area (Å²) >= 11 is 0. The van der Waals surface area contributed by atoms with Gasteiger partial charge in [0.25, 0.3) is 5.69 Å². The number of carbonyl (C=O) groups is 1. The number of nitrogens with zero attached hydrogens (tertiary/aromatic N) is 1. The lowest BCUT2D eigenvalue weighted by atomic mass is 9.99. The Kier molecular flexibility index (Phi) is 2.07. The molecule has 1 aliphatic carbocycles. The molecule has 0 unspecified atom stereocenters. The molecule has 4 nitrogen and oxygen atoms in total. The van der Waals surface area contributed by atoms with E-state index in [1.807, 2.05) is 0 Å². The monoisotopic (exact) mass is 205 g/mol. The average molecular weight is 205 g/mol. The van der Waals surface area contributed by atoms with E-state index in [-0.39, 0.29) is 16.4 Å². The summed E-state index contributed by atoms with van der Waals surface area (Å²) in [7, 11) is 0. The average Bonchev–Trinajstić information content (AvgIpc) is 2.49. The third kappa shape index (κ3) is 1.33. The first-order chi connectivity index (χ1) is 7.02. The fourth-order valence-electron chi connectivity index (χ4n) is 2.07. The molecule has 1 aliphatic rings. The van der Waals surface area contributed by atoms with Crippen molar-refractivity contribution in [1.82, 2.24) is 0 Å². The minimum atomic E-state index is -0.375. The first-order valence-corrected chi connectivity index (χ1v) is 4.83. The number of aryl methyl sites for hydroxylation is 1. The number of nitro groups is 1. The van der Waals surface area contributed by atoms with Crippen LogP contribution in [0, 0.1) is 24.0 Å². The number of ketones is 1. The van der Waals surface area contributed by atoms with Crippen LogP contribution in [-0.4, -0.2) is 10.7 Å². The van der Waals surface area contributed by atoms with E-state index in [2.05, 4.69) is 0 Å². The van der Waals surface area contributed by atoms with Crippen LogP contribution in [0.4, 0.5) is 5.69 Å². The van der Waals surface area contributed by atoms with Crippen molar-refractivity contribution in [2.45, 2.75) is 26.7 Å². The van der Waals surface area contributed by atoms with Gasteiger partial charge in [-0.3, -0.25) is 14.9 Å². The van der Waals surface area contributed by atoms with E-state index in [1.165, 1.54) is 0 Å². The second-order valence-electron chi connectivity index (χ2n) is 3.87. The lowest BCUT2D eigenvalue weighted by Gasteiger charge is -2.06. The van der Waals surface area contributed by atoms with Gasteiger partial charge in [0.15, 0.2) is 5.78 Å².